The minimum Gasteiger partial charge on any atom is -0.393 e. The number of carbonyl (C=O) groups excluding carboxylic acids is 1. The molecule has 6 rings (SSSR count). The summed E-state index contributed by atoms with van der Waals surface area (Å²) in [4.78, 5) is 23.3. The molecule has 206 valence electrons. The number of fused-ring (bicyclic) bond motifs is 2. The third-order valence-electron chi connectivity index (χ3n) is 7.42. The molecule has 3 N–H and O–H groups in total. The van der Waals surface area contributed by atoms with Crippen LogP contribution in [0.4, 0.5) is 14.7 Å². The van der Waals surface area contributed by atoms with Crippen LogP contribution < -0.4 is 5.73 Å². The number of benzene rings is 3. The minimum atomic E-state index is -4.24. The van der Waals surface area contributed by atoms with Crippen LogP contribution in [0.1, 0.15) is 34.5 Å². The number of halogens is 2. The third kappa shape index (κ3) is 4.57. The fourth-order valence-electron chi connectivity index (χ4n) is 5.29. The van der Waals surface area contributed by atoms with E-state index in [1.165, 1.54) is 18.2 Å². The second kappa shape index (κ2) is 9.88. The van der Waals surface area contributed by atoms with Gasteiger partial charge in [0.2, 0.25) is 16.0 Å². The first-order valence-corrected chi connectivity index (χ1v) is 14.2. The lowest BCUT2D eigenvalue weighted by Gasteiger charge is -2.29. The fraction of sp³-hybridized carbons (Fsp3) is 0.250. The van der Waals surface area contributed by atoms with Crippen molar-refractivity contribution >= 4 is 32.8 Å². The van der Waals surface area contributed by atoms with Crippen molar-refractivity contribution in [2.75, 3.05) is 18.8 Å². The molecule has 4 aromatic rings. The van der Waals surface area contributed by atoms with E-state index >= 15 is 0 Å². The average molecular weight is 566 g/mol. The summed E-state index contributed by atoms with van der Waals surface area (Å²) >= 11 is 0. The molecule has 2 aliphatic rings. The number of anilines is 1. The highest BCUT2D eigenvalue weighted by Gasteiger charge is 2.32. The van der Waals surface area contributed by atoms with Crippen LogP contribution in [0.25, 0.3) is 22.0 Å². The topological polar surface area (TPSA) is 130 Å². The van der Waals surface area contributed by atoms with Gasteiger partial charge < -0.3 is 15.7 Å². The third-order valence-corrected chi connectivity index (χ3v) is 9.36. The molecular formula is C28H25F2N5O4S. The number of sulfonamides is 1. The zero-order valence-electron chi connectivity index (χ0n) is 21.2. The van der Waals surface area contributed by atoms with Crippen molar-refractivity contribution in [3.63, 3.8) is 0 Å². The standard InChI is InChI=1S/C28H25F2N5O4S/c29-22-12-20(25(13-23(22)30)40(38,39)35-9-7-19(36)8-10-35)16-5-6-24-21(11-16)26(33-28(31)32-24)27(37)34-14-17-3-1-2-4-18(17)15-34/h1-6,11-13,19,36H,7-10,14-15H2,(H2,31,32,33). The minimum absolute atomic E-state index is 0.0224. The van der Waals surface area contributed by atoms with Crippen molar-refractivity contribution in [2.45, 2.75) is 36.9 Å². The molecule has 3 aromatic carbocycles. The van der Waals surface area contributed by atoms with Crippen molar-refractivity contribution < 1.29 is 27.1 Å². The number of rotatable bonds is 4. The second-order valence-electron chi connectivity index (χ2n) is 9.99. The Hall–Kier alpha value is -4.00. The van der Waals surface area contributed by atoms with Crippen LogP contribution in [-0.4, -0.2) is 57.8 Å². The van der Waals surface area contributed by atoms with E-state index in [4.69, 9.17) is 5.73 Å². The van der Waals surface area contributed by atoms with Crippen molar-refractivity contribution in [3.05, 3.63) is 83.1 Å². The van der Waals surface area contributed by atoms with Crippen LogP contribution in [0.5, 0.6) is 0 Å². The lowest BCUT2D eigenvalue weighted by molar-refractivity contribution is 0.0747. The zero-order chi connectivity index (χ0) is 28.2. The van der Waals surface area contributed by atoms with Crippen LogP contribution in [0, 0.1) is 11.6 Å². The second-order valence-corrected chi connectivity index (χ2v) is 11.9. The molecule has 0 bridgehead atoms. The van der Waals surface area contributed by atoms with Gasteiger partial charge in [-0.2, -0.15) is 4.31 Å². The number of amides is 1. The largest absolute Gasteiger partial charge is 0.393 e. The highest BCUT2D eigenvalue weighted by molar-refractivity contribution is 7.89. The molecule has 1 saturated heterocycles. The van der Waals surface area contributed by atoms with Crippen molar-refractivity contribution in [1.82, 2.24) is 19.2 Å². The normalized spacial score (nSPS) is 16.4. The van der Waals surface area contributed by atoms with E-state index in [0.29, 0.717) is 30.1 Å². The van der Waals surface area contributed by atoms with Gasteiger partial charge in [-0.1, -0.05) is 30.3 Å². The van der Waals surface area contributed by atoms with Crippen molar-refractivity contribution in [2.24, 2.45) is 0 Å². The summed E-state index contributed by atoms with van der Waals surface area (Å²) in [6.45, 7) is 0.861. The van der Waals surface area contributed by atoms with Crippen molar-refractivity contribution in [3.8, 4) is 11.1 Å². The van der Waals surface area contributed by atoms with Crippen LogP contribution in [0.15, 0.2) is 59.5 Å². The maximum Gasteiger partial charge on any atom is 0.273 e. The summed E-state index contributed by atoms with van der Waals surface area (Å²) in [6, 6.07) is 13.7. The van der Waals surface area contributed by atoms with Gasteiger partial charge in [0, 0.05) is 37.1 Å². The Kier molecular flexibility index (Phi) is 6.48. The van der Waals surface area contributed by atoms with Gasteiger partial charge in [-0.3, -0.25) is 4.79 Å². The first-order valence-electron chi connectivity index (χ1n) is 12.7. The quantitative estimate of drug-likeness (QED) is 0.388. The Morgan fingerprint density at radius 3 is 2.27 bits per heavy atom. The number of piperidine rings is 1. The predicted molar refractivity (Wildman–Crippen MR) is 143 cm³/mol. The molecule has 0 unspecified atom stereocenters. The van der Waals surface area contributed by atoms with E-state index in [1.807, 2.05) is 24.3 Å². The molecule has 0 atom stereocenters. The molecule has 0 saturated carbocycles. The van der Waals surface area contributed by atoms with Gasteiger partial charge in [-0.15, -0.1) is 0 Å². The zero-order valence-corrected chi connectivity index (χ0v) is 22.0. The van der Waals surface area contributed by atoms with E-state index in [0.717, 1.165) is 21.5 Å². The average Bonchev–Trinajstić information content (AvgIpc) is 3.38. The molecule has 1 aromatic heterocycles. The van der Waals surface area contributed by atoms with Crippen LogP contribution in [0.3, 0.4) is 0 Å². The number of aromatic nitrogens is 2. The number of hydrogen-bond donors (Lipinski definition) is 2. The van der Waals surface area contributed by atoms with Gasteiger partial charge in [-0.05, 0) is 53.8 Å². The molecule has 3 heterocycles. The monoisotopic (exact) mass is 565 g/mol. The summed E-state index contributed by atoms with van der Waals surface area (Å²) in [6.07, 6.45) is -0.152. The fourth-order valence-corrected chi connectivity index (χ4v) is 6.97. The highest BCUT2D eigenvalue weighted by Crippen LogP contribution is 2.35. The first-order chi connectivity index (χ1) is 19.1. The molecule has 0 radical (unpaired) electrons. The van der Waals surface area contributed by atoms with Gasteiger partial charge in [0.1, 0.15) is 5.69 Å². The molecule has 2 aliphatic heterocycles. The van der Waals surface area contributed by atoms with Crippen LogP contribution in [0.2, 0.25) is 0 Å². The number of hydrogen-bond acceptors (Lipinski definition) is 7. The van der Waals surface area contributed by atoms with Crippen LogP contribution in [-0.2, 0) is 23.1 Å². The predicted octanol–water partition coefficient (Wildman–Crippen LogP) is 3.46. The summed E-state index contributed by atoms with van der Waals surface area (Å²) in [5.74, 6) is -3.02. The van der Waals surface area contributed by atoms with Crippen molar-refractivity contribution in [1.29, 1.82) is 0 Å². The first kappa shape index (κ1) is 26.2. The van der Waals surface area contributed by atoms with E-state index in [1.54, 1.807) is 4.90 Å². The Bertz CT molecular complexity index is 1750. The lowest BCUT2D eigenvalue weighted by atomic mass is 10.0. The number of carbonyl (C=O) groups is 1. The number of aliphatic hydroxyl groups is 1. The van der Waals surface area contributed by atoms with Gasteiger partial charge in [0.25, 0.3) is 5.91 Å². The summed E-state index contributed by atoms with van der Waals surface area (Å²) < 4.78 is 57.2. The molecule has 12 heteroatoms. The van der Waals surface area contributed by atoms with Gasteiger partial charge >= 0.3 is 0 Å². The van der Waals surface area contributed by atoms with E-state index in [-0.39, 0.29) is 48.7 Å². The summed E-state index contributed by atoms with van der Waals surface area (Å²) in [7, 11) is -4.24. The van der Waals surface area contributed by atoms with Gasteiger partial charge in [0.05, 0.1) is 16.5 Å². The Balaban J connectivity index is 1.45. The van der Waals surface area contributed by atoms with Gasteiger partial charge in [0.15, 0.2) is 11.6 Å². The summed E-state index contributed by atoms with van der Waals surface area (Å²) in [5.41, 5.74) is 8.47. The Morgan fingerprint density at radius 2 is 1.60 bits per heavy atom. The Labute approximate surface area is 228 Å². The summed E-state index contributed by atoms with van der Waals surface area (Å²) in [5, 5.41) is 10.1. The molecule has 9 nitrogen and oxygen atoms in total. The molecule has 1 fully saturated rings. The molecule has 0 aliphatic carbocycles. The molecule has 1 amide bonds. The number of aliphatic hydroxyl groups excluding tert-OH is 1. The molecule has 0 spiro atoms. The molecule has 40 heavy (non-hydrogen) atoms. The maximum absolute atomic E-state index is 14.5. The van der Waals surface area contributed by atoms with E-state index in [9.17, 15) is 27.1 Å². The molecular weight excluding hydrogens is 540 g/mol. The highest BCUT2D eigenvalue weighted by atomic mass is 32.2. The lowest BCUT2D eigenvalue weighted by Crippen LogP contribution is -2.40. The van der Waals surface area contributed by atoms with Gasteiger partial charge in [-0.25, -0.2) is 27.2 Å². The number of nitrogens with zero attached hydrogens (tertiary/aromatic N) is 4. The number of nitrogens with two attached hydrogens (primary N) is 1. The SMILES string of the molecule is Nc1nc(C(=O)N2Cc3ccccc3C2)c2cc(-c3cc(F)c(F)cc3S(=O)(=O)N3CCC(O)CC3)ccc2n1. The van der Waals surface area contributed by atoms with E-state index in [2.05, 4.69) is 9.97 Å². The smallest absolute Gasteiger partial charge is 0.273 e. The van der Waals surface area contributed by atoms with E-state index < -0.39 is 38.6 Å². The maximum atomic E-state index is 14.5. The number of nitrogen functional groups attached to an aromatic ring is 1. The Morgan fingerprint density at radius 1 is 0.950 bits per heavy atom. The van der Waals surface area contributed by atoms with Crippen LogP contribution >= 0.6 is 0 Å².